The third kappa shape index (κ3) is 3.00. The molecule has 152 valence electrons. The minimum absolute atomic E-state index is 0.00752. The van der Waals surface area contributed by atoms with E-state index in [0.717, 1.165) is 33.2 Å². The summed E-state index contributed by atoms with van der Waals surface area (Å²) >= 11 is 1.66. The van der Waals surface area contributed by atoms with E-state index in [2.05, 4.69) is 25.1 Å². The van der Waals surface area contributed by atoms with E-state index < -0.39 is 0 Å². The van der Waals surface area contributed by atoms with Gasteiger partial charge in [0.15, 0.2) is 5.43 Å². The van der Waals surface area contributed by atoms with Gasteiger partial charge in [-0.3, -0.25) is 9.79 Å². The maximum atomic E-state index is 13.5. The maximum Gasteiger partial charge on any atom is 0.197 e. The van der Waals surface area contributed by atoms with Crippen molar-refractivity contribution in [2.45, 2.75) is 17.1 Å². The lowest BCUT2D eigenvalue weighted by atomic mass is 9.87. The van der Waals surface area contributed by atoms with Gasteiger partial charge in [-0.25, -0.2) is 0 Å². The Kier molecular flexibility index (Phi) is 4.25. The molecule has 0 fully saturated rings. The molecule has 0 aliphatic carbocycles. The average molecular weight is 426 g/mol. The van der Waals surface area contributed by atoms with Gasteiger partial charge in [-0.1, -0.05) is 35.9 Å². The van der Waals surface area contributed by atoms with Crippen molar-refractivity contribution in [3.05, 3.63) is 99.9 Å². The number of benzene rings is 3. The van der Waals surface area contributed by atoms with Gasteiger partial charge in [-0.05, 0) is 43.3 Å². The quantitative estimate of drug-likeness (QED) is 0.371. The van der Waals surface area contributed by atoms with E-state index in [0.29, 0.717) is 23.1 Å². The highest BCUT2D eigenvalue weighted by Gasteiger charge is 2.38. The number of hydrogen-bond acceptors (Lipinski definition) is 5. The molecular weight excluding hydrogens is 406 g/mol. The number of ether oxygens (including phenoxy) is 1. The number of hydrogen-bond donors (Lipinski definition) is 0. The second-order valence-corrected chi connectivity index (χ2v) is 9.12. The summed E-state index contributed by atoms with van der Waals surface area (Å²) in [6, 6.07) is 21.7. The Bertz CT molecular complexity index is 1420. The molecule has 6 rings (SSSR count). The fourth-order valence-electron chi connectivity index (χ4n) is 4.37. The first-order valence-corrected chi connectivity index (χ1v) is 11.2. The van der Waals surface area contributed by atoms with Crippen LogP contribution in [0, 0.1) is 12.8 Å². The predicted molar refractivity (Wildman–Crippen MR) is 124 cm³/mol. The third-order valence-corrected chi connectivity index (χ3v) is 7.35. The van der Waals surface area contributed by atoms with Gasteiger partial charge >= 0.3 is 0 Å². The molecule has 1 aromatic heterocycles. The Labute approximate surface area is 183 Å². The summed E-state index contributed by atoms with van der Waals surface area (Å²) in [5, 5.41) is 0.432. The zero-order chi connectivity index (χ0) is 20.9. The van der Waals surface area contributed by atoms with E-state index in [1.165, 1.54) is 0 Å². The van der Waals surface area contributed by atoms with Crippen LogP contribution in [0.5, 0.6) is 5.75 Å². The molecule has 0 amide bonds. The molecule has 2 unspecified atom stereocenters. The third-order valence-electron chi connectivity index (χ3n) is 5.92. The van der Waals surface area contributed by atoms with Crippen molar-refractivity contribution >= 4 is 34.1 Å². The van der Waals surface area contributed by atoms with Crippen molar-refractivity contribution in [3.63, 3.8) is 0 Å². The molecule has 31 heavy (non-hydrogen) atoms. The van der Waals surface area contributed by atoms with Crippen molar-refractivity contribution in [1.82, 2.24) is 0 Å². The van der Waals surface area contributed by atoms with Crippen LogP contribution in [0.15, 0.2) is 92.1 Å². The topological polar surface area (TPSA) is 51.8 Å². The van der Waals surface area contributed by atoms with E-state index in [1.54, 1.807) is 18.0 Å². The van der Waals surface area contributed by atoms with Crippen molar-refractivity contribution in [3.8, 4) is 5.75 Å². The average Bonchev–Trinajstić information content (AvgIpc) is 2.96. The van der Waals surface area contributed by atoms with Crippen molar-refractivity contribution in [2.24, 2.45) is 10.9 Å². The fraction of sp³-hybridized carbons (Fsp3) is 0.154. The Balaban J connectivity index is 1.59. The van der Waals surface area contributed by atoms with E-state index in [9.17, 15) is 4.79 Å². The van der Waals surface area contributed by atoms with Crippen LogP contribution in [0.4, 0.5) is 5.69 Å². The highest BCUT2D eigenvalue weighted by Crippen LogP contribution is 2.49. The van der Waals surface area contributed by atoms with Crippen molar-refractivity contribution < 1.29 is 9.15 Å². The number of para-hydroxylation sites is 2. The molecule has 0 bridgehead atoms. The number of rotatable bonds is 1. The normalized spacial score (nSPS) is 19.5. The summed E-state index contributed by atoms with van der Waals surface area (Å²) in [6.07, 6.45) is 1.62. The highest BCUT2D eigenvalue weighted by atomic mass is 32.2. The Hall–Kier alpha value is -3.31. The van der Waals surface area contributed by atoms with Gasteiger partial charge < -0.3 is 9.15 Å². The number of nitrogens with zero attached hydrogens (tertiary/aromatic N) is 1. The lowest BCUT2D eigenvalue weighted by Gasteiger charge is -2.31. The molecule has 0 radical (unpaired) electrons. The van der Waals surface area contributed by atoms with Crippen LogP contribution in [0.2, 0.25) is 0 Å². The van der Waals surface area contributed by atoms with Crippen LogP contribution >= 0.6 is 11.8 Å². The van der Waals surface area contributed by atoms with Gasteiger partial charge in [0.2, 0.25) is 0 Å². The number of aryl methyl sites for hydroxylation is 1. The Morgan fingerprint density at radius 3 is 2.81 bits per heavy atom. The molecule has 4 nitrogen and oxygen atoms in total. The number of fused-ring (bicyclic) bond motifs is 5. The zero-order valence-electron chi connectivity index (χ0n) is 16.9. The predicted octanol–water partition coefficient (Wildman–Crippen LogP) is 6.08. The molecule has 2 aliphatic rings. The summed E-state index contributed by atoms with van der Waals surface area (Å²) < 4.78 is 12.0. The number of thioether (sulfide) groups is 1. The zero-order valence-corrected chi connectivity index (χ0v) is 17.7. The van der Waals surface area contributed by atoms with Crippen LogP contribution in [-0.4, -0.2) is 12.3 Å². The summed E-state index contributed by atoms with van der Waals surface area (Å²) in [6.45, 7) is 2.53. The molecule has 5 heteroatoms. The minimum atomic E-state index is -0.170. The second-order valence-electron chi connectivity index (χ2n) is 7.94. The maximum absolute atomic E-state index is 13.5. The molecule has 3 heterocycles. The van der Waals surface area contributed by atoms with Crippen molar-refractivity contribution in [2.75, 3.05) is 6.61 Å². The lowest BCUT2D eigenvalue weighted by molar-refractivity contribution is 0.271. The van der Waals surface area contributed by atoms with Crippen LogP contribution < -0.4 is 10.2 Å². The van der Waals surface area contributed by atoms with Gasteiger partial charge in [0.05, 0.1) is 40.8 Å². The summed E-state index contributed by atoms with van der Waals surface area (Å²) in [5.41, 5.74) is 5.31. The lowest BCUT2D eigenvalue weighted by Crippen LogP contribution is -2.33. The monoisotopic (exact) mass is 425 g/mol. The second kappa shape index (κ2) is 7.13. The molecule has 2 aliphatic heterocycles. The molecule has 0 spiro atoms. The summed E-state index contributed by atoms with van der Waals surface area (Å²) in [5.74, 6) is 0.769. The largest absolute Gasteiger partial charge is 0.492 e. The fourth-order valence-corrected chi connectivity index (χ4v) is 5.70. The molecule has 0 saturated carbocycles. The molecular formula is C26H19NO3S. The summed E-state index contributed by atoms with van der Waals surface area (Å²) in [7, 11) is 0. The summed E-state index contributed by atoms with van der Waals surface area (Å²) in [4.78, 5) is 19.6. The van der Waals surface area contributed by atoms with E-state index >= 15 is 0 Å². The first-order valence-electron chi connectivity index (χ1n) is 10.3. The minimum Gasteiger partial charge on any atom is -0.492 e. The van der Waals surface area contributed by atoms with E-state index in [4.69, 9.17) is 14.1 Å². The van der Waals surface area contributed by atoms with Gasteiger partial charge in [0.25, 0.3) is 0 Å². The van der Waals surface area contributed by atoms with Gasteiger partial charge in [-0.15, -0.1) is 11.8 Å². The molecule has 2 atom stereocenters. The van der Waals surface area contributed by atoms with Crippen LogP contribution in [0.25, 0.3) is 11.0 Å². The first-order chi connectivity index (χ1) is 15.2. The molecule has 3 aromatic carbocycles. The first kappa shape index (κ1) is 18.5. The molecule has 0 saturated heterocycles. The SMILES string of the molecule is Cc1ccc2c(c1)C1=Nc3ccccc3SC(c3coc4ccccc4c3=O)C1CO2. The van der Waals surface area contributed by atoms with E-state index in [1.807, 2.05) is 48.5 Å². The standard InChI is InChI=1S/C26H19NO3S/c1-15-10-11-22-17(12-15)24-18(13-29-22)26(31-23-9-5-3-7-20(23)27-24)19-14-30-21-8-4-2-6-16(21)25(19)28/h2-12,14,18,26H,13H2,1H3. The van der Waals surface area contributed by atoms with Gasteiger partial charge in [-0.2, -0.15) is 0 Å². The van der Waals surface area contributed by atoms with Crippen LogP contribution in [0.1, 0.15) is 21.9 Å². The van der Waals surface area contributed by atoms with Gasteiger partial charge in [0, 0.05) is 16.0 Å². The van der Waals surface area contributed by atoms with Crippen LogP contribution in [-0.2, 0) is 0 Å². The Morgan fingerprint density at radius 2 is 1.87 bits per heavy atom. The van der Waals surface area contributed by atoms with Crippen LogP contribution in [0.3, 0.4) is 0 Å². The molecule has 4 aromatic rings. The Morgan fingerprint density at radius 1 is 1.03 bits per heavy atom. The number of aliphatic imine (C=N–C) groups is 1. The highest BCUT2D eigenvalue weighted by molar-refractivity contribution is 7.99. The van der Waals surface area contributed by atoms with Gasteiger partial charge in [0.1, 0.15) is 11.3 Å². The van der Waals surface area contributed by atoms with Crippen molar-refractivity contribution in [1.29, 1.82) is 0 Å². The smallest absolute Gasteiger partial charge is 0.197 e. The molecule has 0 N–H and O–H groups in total. The van der Waals surface area contributed by atoms with E-state index in [-0.39, 0.29) is 16.6 Å².